The van der Waals surface area contributed by atoms with E-state index in [0.29, 0.717) is 13.1 Å². The maximum atomic E-state index is 12.7. The molecule has 22 heavy (non-hydrogen) atoms. The zero-order valence-electron chi connectivity index (χ0n) is 13.0. The lowest BCUT2D eigenvalue weighted by Gasteiger charge is -2.29. The molecule has 4 heteroatoms. The van der Waals surface area contributed by atoms with Crippen LogP contribution in [0.1, 0.15) is 36.5 Å². The number of carbonyl (C=O) groups is 1. The predicted octanol–water partition coefficient (Wildman–Crippen LogP) is 3.27. The van der Waals surface area contributed by atoms with Gasteiger partial charge >= 0.3 is 0 Å². The lowest BCUT2D eigenvalue weighted by molar-refractivity contribution is -0.00311. The summed E-state index contributed by atoms with van der Waals surface area (Å²) in [7, 11) is 0. The van der Waals surface area contributed by atoms with Crippen LogP contribution in [0.3, 0.4) is 0 Å². The van der Waals surface area contributed by atoms with Crippen LogP contribution in [0, 0.1) is 0 Å². The van der Waals surface area contributed by atoms with Gasteiger partial charge in [-0.05, 0) is 50.5 Å². The van der Waals surface area contributed by atoms with Gasteiger partial charge in [0.05, 0.1) is 11.6 Å². The Kier molecular flexibility index (Phi) is 4.68. The summed E-state index contributed by atoms with van der Waals surface area (Å²) in [6, 6.07) is 9.58. The van der Waals surface area contributed by atoms with Crippen molar-refractivity contribution in [1.29, 1.82) is 0 Å². The third kappa shape index (κ3) is 3.28. The minimum Gasteiger partial charge on any atom is -0.376 e. The summed E-state index contributed by atoms with van der Waals surface area (Å²) in [5.74, 6) is 0.0717. The standard InChI is InChI=1S/C18H22N2O2/c1-2-20(13-16-7-3-4-11-22-16)18(21)15-8-9-17-14(12-15)6-5-10-19-17/h5-6,8-10,12,16H,2-4,7,11,13H2,1H3/t16-/m0/s1. The molecule has 2 heterocycles. The molecule has 0 unspecified atom stereocenters. The Hall–Kier alpha value is -1.94. The van der Waals surface area contributed by atoms with Crippen molar-refractivity contribution in [2.75, 3.05) is 19.7 Å². The first-order chi connectivity index (χ1) is 10.8. The van der Waals surface area contributed by atoms with Gasteiger partial charge in [-0.15, -0.1) is 0 Å². The molecule has 0 bridgehead atoms. The van der Waals surface area contributed by atoms with Gasteiger partial charge in [-0.1, -0.05) is 6.07 Å². The van der Waals surface area contributed by atoms with Crippen molar-refractivity contribution in [3.63, 3.8) is 0 Å². The zero-order chi connectivity index (χ0) is 15.4. The highest BCUT2D eigenvalue weighted by atomic mass is 16.5. The lowest BCUT2D eigenvalue weighted by Crippen LogP contribution is -2.39. The highest BCUT2D eigenvalue weighted by Crippen LogP contribution is 2.18. The number of amides is 1. The van der Waals surface area contributed by atoms with E-state index >= 15 is 0 Å². The molecule has 0 saturated carbocycles. The molecule has 0 spiro atoms. The average molecular weight is 298 g/mol. The number of benzene rings is 1. The number of aromatic nitrogens is 1. The van der Waals surface area contributed by atoms with E-state index in [4.69, 9.17) is 4.74 Å². The number of pyridine rings is 1. The Morgan fingerprint density at radius 2 is 2.27 bits per heavy atom. The van der Waals surface area contributed by atoms with Crippen LogP contribution in [-0.4, -0.2) is 41.6 Å². The number of fused-ring (bicyclic) bond motifs is 1. The molecule has 1 aliphatic heterocycles. The largest absolute Gasteiger partial charge is 0.376 e. The van der Waals surface area contributed by atoms with Gasteiger partial charge < -0.3 is 9.64 Å². The molecule has 1 aromatic carbocycles. The van der Waals surface area contributed by atoms with Crippen LogP contribution >= 0.6 is 0 Å². The second kappa shape index (κ2) is 6.88. The minimum atomic E-state index is 0.0717. The molecule has 116 valence electrons. The number of hydrogen-bond donors (Lipinski definition) is 0. The van der Waals surface area contributed by atoms with Gasteiger partial charge in [0.25, 0.3) is 5.91 Å². The zero-order valence-corrected chi connectivity index (χ0v) is 13.0. The summed E-state index contributed by atoms with van der Waals surface area (Å²) in [6.07, 6.45) is 5.32. The molecule has 0 radical (unpaired) electrons. The fraction of sp³-hybridized carbons (Fsp3) is 0.444. The summed E-state index contributed by atoms with van der Waals surface area (Å²) >= 11 is 0. The van der Waals surface area contributed by atoms with Crippen molar-refractivity contribution < 1.29 is 9.53 Å². The molecule has 1 saturated heterocycles. The molecular weight excluding hydrogens is 276 g/mol. The first-order valence-electron chi connectivity index (χ1n) is 8.03. The van der Waals surface area contributed by atoms with E-state index in [-0.39, 0.29) is 12.0 Å². The highest BCUT2D eigenvalue weighted by Gasteiger charge is 2.21. The summed E-state index contributed by atoms with van der Waals surface area (Å²) in [6.45, 7) is 4.21. The normalized spacial score (nSPS) is 18.3. The van der Waals surface area contributed by atoms with E-state index < -0.39 is 0 Å². The Morgan fingerprint density at radius 3 is 3.05 bits per heavy atom. The van der Waals surface area contributed by atoms with Crippen molar-refractivity contribution in [2.24, 2.45) is 0 Å². The Balaban J connectivity index is 1.76. The van der Waals surface area contributed by atoms with Crippen molar-refractivity contribution in [3.05, 3.63) is 42.1 Å². The van der Waals surface area contributed by atoms with Gasteiger partial charge in [-0.3, -0.25) is 9.78 Å². The summed E-state index contributed by atoms with van der Waals surface area (Å²) in [5.41, 5.74) is 1.64. The molecule has 4 nitrogen and oxygen atoms in total. The summed E-state index contributed by atoms with van der Waals surface area (Å²) < 4.78 is 5.76. The average Bonchev–Trinajstić information content (AvgIpc) is 2.59. The quantitative estimate of drug-likeness (QED) is 0.870. The SMILES string of the molecule is CCN(C[C@@H]1CCCCO1)C(=O)c1ccc2ncccc2c1. The van der Waals surface area contributed by atoms with Gasteiger partial charge in [0.2, 0.25) is 0 Å². The van der Waals surface area contributed by atoms with Crippen LogP contribution in [-0.2, 0) is 4.74 Å². The Bertz CT molecular complexity index is 650. The molecule has 1 aromatic heterocycles. The minimum absolute atomic E-state index is 0.0717. The monoisotopic (exact) mass is 298 g/mol. The van der Waals surface area contributed by atoms with Gasteiger partial charge in [-0.25, -0.2) is 0 Å². The van der Waals surface area contributed by atoms with E-state index in [1.54, 1.807) is 6.20 Å². The number of hydrogen-bond acceptors (Lipinski definition) is 3. The fourth-order valence-electron chi connectivity index (χ4n) is 2.94. The topological polar surface area (TPSA) is 42.4 Å². The van der Waals surface area contributed by atoms with Gasteiger partial charge in [0, 0.05) is 36.8 Å². The third-order valence-corrected chi connectivity index (χ3v) is 4.22. The summed E-state index contributed by atoms with van der Waals surface area (Å²) in [4.78, 5) is 18.9. The lowest BCUT2D eigenvalue weighted by atomic mass is 10.1. The number of rotatable bonds is 4. The van der Waals surface area contributed by atoms with Crippen LogP contribution in [0.2, 0.25) is 0 Å². The van der Waals surface area contributed by atoms with Crippen molar-refractivity contribution in [2.45, 2.75) is 32.3 Å². The van der Waals surface area contributed by atoms with E-state index in [1.165, 1.54) is 6.42 Å². The molecule has 1 fully saturated rings. The summed E-state index contributed by atoms with van der Waals surface area (Å²) in [5, 5.41) is 0.998. The molecule has 3 rings (SSSR count). The number of carbonyl (C=O) groups excluding carboxylic acids is 1. The number of ether oxygens (including phenoxy) is 1. The van der Waals surface area contributed by atoms with Crippen molar-refractivity contribution in [1.82, 2.24) is 9.88 Å². The smallest absolute Gasteiger partial charge is 0.253 e. The Labute approximate surface area is 131 Å². The second-order valence-corrected chi connectivity index (χ2v) is 5.74. The Morgan fingerprint density at radius 1 is 1.36 bits per heavy atom. The maximum Gasteiger partial charge on any atom is 0.253 e. The van der Waals surface area contributed by atoms with E-state index in [2.05, 4.69) is 4.98 Å². The van der Waals surface area contributed by atoms with Crippen LogP contribution in [0.15, 0.2) is 36.5 Å². The van der Waals surface area contributed by atoms with E-state index in [0.717, 1.165) is 35.9 Å². The molecule has 2 aromatic rings. The fourth-order valence-corrected chi connectivity index (χ4v) is 2.94. The molecule has 0 N–H and O–H groups in total. The molecule has 1 atom stereocenters. The van der Waals surface area contributed by atoms with Crippen LogP contribution in [0.4, 0.5) is 0 Å². The van der Waals surface area contributed by atoms with E-state index in [9.17, 15) is 4.79 Å². The first-order valence-corrected chi connectivity index (χ1v) is 8.03. The van der Waals surface area contributed by atoms with Gasteiger partial charge in [0.15, 0.2) is 0 Å². The van der Waals surface area contributed by atoms with Crippen molar-refractivity contribution >= 4 is 16.8 Å². The van der Waals surface area contributed by atoms with Crippen LogP contribution in [0.5, 0.6) is 0 Å². The maximum absolute atomic E-state index is 12.7. The molecule has 1 amide bonds. The van der Waals surface area contributed by atoms with Crippen LogP contribution < -0.4 is 0 Å². The molecular formula is C18H22N2O2. The number of nitrogens with zero attached hydrogens (tertiary/aromatic N) is 2. The van der Waals surface area contributed by atoms with Gasteiger partial charge in [0.1, 0.15) is 0 Å². The van der Waals surface area contributed by atoms with E-state index in [1.807, 2.05) is 42.2 Å². The second-order valence-electron chi connectivity index (χ2n) is 5.74. The predicted molar refractivity (Wildman–Crippen MR) is 86.9 cm³/mol. The molecule has 1 aliphatic rings. The van der Waals surface area contributed by atoms with Crippen molar-refractivity contribution in [3.8, 4) is 0 Å². The third-order valence-electron chi connectivity index (χ3n) is 4.22. The van der Waals surface area contributed by atoms with Crippen LogP contribution in [0.25, 0.3) is 10.9 Å². The van der Waals surface area contributed by atoms with Gasteiger partial charge in [-0.2, -0.15) is 0 Å². The highest BCUT2D eigenvalue weighted by molar-refractivity contribution is 5.97. The molecule has 0 aliphatic carbocycles. The number of likely N-dealkylation sites (N-methyl/N-ethyl adjacent to an activating group) is 1. The first kappa shape index (κ1) is 15.0.